The molecule has 2 N–H and O–H groups in total. The predicted molar refractivity (Wildman–Crippen MR) is 149 cm³/mol. The summed E-state index contributed by atoms with van der Waals surface area (Å²) in [4.78, 5) is 50.7. The van der Waals surface area contributed by atoms with Gasteiger partial charge in [0, 0.05) is 35.1 Å². The van der Waals surface area contributed by atoms with E-state index < -0.39 is 23.8 Å². The second kappa shape index (κ2) is 10.3. The van der Waals surface area contributed by atoms with Gasteiger partial charge in [0.25, 0.3) is 11.8 Å². The standard InChI is InChI=1S/C30H26FN5O4/c1-2-40-25(37)17-35-14-15-36-27-20(10-7-13-24(27)35)26(19-9-4-5-11-21(19)31)33-28(30(36)39)34-29(38)23-16-18-8-3-6-12-22(18)32-23/h3-13,16,28,32H,2,14-15,17H2,1H3,(H,34,38). The molecular weight excluding hydrogens is 513 g/mol. The van der Waals surface area contributed by atoms with Crippen molar-refractivity contribution in [3.05, 3.63) is 95.4 Å². The first-order valence-corrected chi connectivity index (χ1v) is 13.0. The summed E-state index contributed by atoms with van der Waals surface area (Å²) in [6, 6.07) is 20.7. The fourth-order valence-corrected chi connectivity index (χ4v) is 5.22. The van der Waals surface area contributed by atoms with Crippen molar-refractivity contribution in [3.8, 4) is 0 Å². The molecule has 3 aromatic carbocycles. The molecule has 4 aromatic rings. The van der Waals surface area contributed by atoms with Gasteiger partial charge >= 0.3 is 5.97 Å². The van der Waals surface area contributed by atoms with E-state index in [1.807, 2.05) is 29.2 Å². The summed E-state index contributed by atoms with van der Waals surface area (Å²) in [5.41, 5.74) is 3.13. The highest BCUT2D eigenvalue weighted by molar-refractivity contribution is 6.22. The van der Waals surface area contributed by atoms with E-state index in [0.717, 1.165) is 10.9 Å². The number of benzene rings is 3. The number of para-hydroxylation sites is 2. The average Bonchev–Trinajstić information content (AvgIpc) is 3.36. The first-order chi connectivity index (χ1) is 19.4. The molecule has 3 heterocycles. The number of aromatic amines is 1. The van der Waals surface area contributed by atoms with Crippen LogP contribution in [0.5, 0.6) is 0 Å². The number of H-pyrrole nitrogens is 1. The van der Waals surface area contributed by atoms with Gasteiger partial charge in [-0.15, -0.1) is 0 Å². The van der Waals surface area contributed by atoms with Crippen molar-refractivity contribution in [2.24, 2.45) is 4.99 Å². The molecule has 2 aliphatic heterocycles. The maximum absolute atomic E-state index is 15.2. The molecule has 0 aliphatic carbocycles. The molecule has 0 spiro atoms. The summed E-state index contributed by atoms with van der Waals surface area (Å²) in [5, 5.41) is 3.60. The molecule has 1 unspecified atom stereocenters. The third kappa shape index (κ3) is 4.47. The van der Waals surface area contributed by atoms with Crippen molar-refractivity contribution in [1.82, 2.24) is 10.3 Å². The van der Waals surface area contributed by atoms with Gasteiger partial charge in [-0.1, -0.05) is 42.5 Å². The molecule has 6 rings (SSSR count). The van der Waals surface area contributed by atoms with Crippen molar-refractivity contribution >= 4 is 45.8 Å². The fraction of sp³-hybridized carbons (Fsp3) is 0.200. The van der Waals surface area contributed by atoms with E-state index in [9.17, 15) is 14.4 Å². The van der Waals surface area contributed by atoms with Crippen LogP contribution in [-0.4, -0.2) is 60.9 Å². The minimum absolute atomic E-state index is 0.000946. The van der Waals surface area contributed by atoms with Crippen molar-refractivity contribution in [2.75, 3.05) is 36.0 Å². The van der Waals surface area contributed by atoms with Gasteiger partial charge in [-0.3, -0.25) is 14.4 Å². The van der Waals surface area contributed by atoms with Crippen LogP contribution in [0.1, 0.15) is 28.5 Å². The summed E-state index contributed by atoms with van der Waals surface area (Å²) < 4.78 is 20.3. The van der Waals surface area contributed by atoms with E-state index in [-0.39, 0.29) is 42.6 Å². The van der Waals surface area contributed by atoms with E-state index in [0.29, 0.717) is 23.5 Å². The molecule has 0 saturated heterocycles. The number of fused-ring (bicyclic) bond motifs is 1. The Kier molecular flexibility index (Phi) is 6.51. The number of aliphatic imine (C=N–C) groups is 1. The number of halogens is 1. The van der Waals surface area contributed by atoms with Crippen LogP contribution < -0.4 is 15.1 Å². The Bertz CT molecular complexity index is 1650. The molecule has 2 aliphatic rings. The Labute approximate surface area is 229 Å². The zero-order valence-corrected chi connectivity index (χ0v) is 21.7. The number of hydrogen-bond donors (Lipinski definition) is 2. The molecule has 0 bridgehead atoms. The van der Waals surface area contributed by atoms with Gasteiger partial charge in [0.2, 0.25) is 6.17 Å². The Morgan fingerprint density at radius 3 is 2.62 bits per heavy atom. The number of ether oxygens (including phenoxy) is 1. The number of aromatic nitrogens is 1. The molecule has 40 heavy (non-hydrogen) atoms. The van der Waals surface area contributed by atoms with Crippen LogP contribution in [0.3, 0.4) is 0 Å². The lowest BCUT2D eigenvalue weighted by atomic mass is 9.97. The predicted octanol–water partition coefficient (Wildman–Crippen LogP) is 3.63. The second-order valence-corrected chi connectivity index (χ2v) is 9.49. The van der Waals surface area contributed by atoms with Crippen LogP contribution >= 0.6 is 0 Å². The van der Waals surface area contributed by atoms with Crippen LogP contribution in [0.15, 0.2) is 77.8 Å². The smallest absolute Gasteiger partial charge is 0.325 e. The SMILES string of the molecule is CCOC(=O)CN1CCN2C(=O)C(NC(=O)c3cc4ccccc4[nH]3)N=C(c3ccccc3F)c3cccc1c32. The number of nitrogens with zero attached hydrogens (tertiary/aromatic N) is 3. The summed E-state index contributed by atoms with van der Waals surface area (Å²) in [6.07, 6.45) is -1.31. The highest BCUT2D eigenvalue weighted by Gasteiger charge is 2.38. The number of anilines is 2. The van der Waals surface area contributed by atoms with Crippen LogP contribution in [0, 0.1) is 5.82 Å². The normalized spacial score (nSPS) is 16.3. The topological polar surface area (TPSA) is 107 Å². The fourth-order valence-electron chi connectivity index (χ4n) is 5.22. The van der Waals surface area contributed by atoms with Crippen LogP contribution in [0.2, 0.25) is 0 Å². The van der Waals surface area contributed by atoms with E-state index in [1.165, 1.54) is 6.07 Å². The zero-order chi connectivity index (χ0) is 27.8. The van der Waals surface area contributed by atoms with Gasteiger partial charge in [0.05, 0.1) is 23.7 Å². The molecule has 0 fully saturated rings. The maximum atomic E-state index is 15.2. The zero-order valence-electron chi connectivity index (χ0n) is 21.7. The summed E-state index contributed by atoms with van der Waals surface area (Å²) in [6.45, 7) is 2.59. The van der Waals surface area contributed by atoms with Gasteiger partial charge in [0.15, 0.2) is 0 Å². The third-order valence-electron chi connectivity index (χ3n) is 7.03. The van der Waals surface area contributed by atoms with E-state index in [1.54, 1.807) is 54.3 Å². The van der Waals surface area contributed by atoms with Gasteiger partial charge in [-0.25, -0.2) is 9.38 Å². The molecule has 202 valence electrons. The Balaban J connectivity index is 1.44. The molecular formula is C30H26FN5O4. The molecule has 0 radical (unpaired) electrons. The maximum Gasteiger partial charge on any atom is 0.325 e. The third-order valence-corrected chi connectivity index (χ3v) is 7.03. The van der Waals surface area contributed by atoms with Crippen LogP contribution in [0.25, 0.3) is 10.9 Å². The molecule has 2 amide bonds. The lowest BCUT2D eigenvalue weighted by Gasteiger charge is -2.38. The van der Waals surface area contributed by atoms with E-state index >= 15 is 4.39 Å². The van der Waals surface area contributed by atoms with Gasteiger partial charge in [0.1, 0.15) is 18.1 Å². The monoisotopic (exact) mass is 539 g/mol. The minimum Gasteiger partial charge on any atom is -0.465 e. The lowest BCUT2D eigenvalue weighted by molar-refractivity contribution is -0.141. The summed E-state index contributed by atoms with van der Waals surface area (Å²) in [7, 11) is 0. The highest BCUT2D eigenvalue weighted by atomic mass is 19.1. The highest BCUT2D eigenvalue weighted by Crippen LogP contribution is 2.40. The quantitative estimate of drug-likeness (QED) is 0.364. The first kappa shape index (κ1) is 25.3. The van der Waals surface area contributed by atoms with Gasteiger partial charge in [-0.05, 0) is 37.3 Å². The number of carbonyl (C=O) groups is 3. The molecule has 1 aromatic heterocycles. The lowest BCUT2D eigenvalue weighted by Crippen LogP contribution is -2.52. The number of nitrogens with one attached hydrogen (secondary N) is 2. The number of rotatable bonds is 6. The molecule has 1 atom stereocenters. The van der Waals surface area contributed by atoms with Crippen molar-refractivity contribution in [2.45, 2.75) is 13.1 Å². The van der Waals surface area contributed by atoms with E-state index in [4.69, 9.17) is 4.74 Å². The van der Waals surface area contributed by atoms with Gasteiger partial charge in [-0.2, -0.15) is 0 Å². The summed E-state index contributed by atoms with van der Waals surface area (Å²) in [5.74, 6) is -1.88. The average molecular weight is 540 g/mol. The van der Waals surface area contributed by atoms with Crippen molar-refractivity contribution < 1.29 is 23.5 Å². The summed E-state index contributed by atoms with van der Waals surface area (Å²) >= 11 is 0. The largest absolute Gasteiger partial charge is 0.465 e. The second-order valence-electron chi connectivity index (χ2n) is 9.49. The Hall–Kier alpha value is -4.99. The van der Waals surface area contributed by atoms with Crippen LogP contribution in [-0.2, 0) is 14.3 Å². The molecule has 9 nitrogen and oxygen atoms in total. The molecule has 10 heteroatoms. The van der Waals surface area contributed by atoms with Crippen molar-refractivity contribution in [3.63, 3.8) is 0 Å². The van der Waals surface area contributed by atoms with Crippen molar-refractivity contribution in [1.29, 1.82) is 0 Å². The number of carbonyl (C=O) groups excluding carboxylic acids is 3. The Morgan fingerprint density at radius 1 is 1.05 bits per heavy atom. The Morgan fingerprint density at radius 2 is 1.82 bits per heavy atom. The number of esters is 1. The van der Waals surface area contributed by atoms with Gasteiger partial charge < -0.3 is 24.8 Å². The molecule has 0 saturated carbocycles. The van der Waals surface area contributed by atoms with E-state index in [2.05, 4.69) is 15.3 Å². The minimum atomic E-state index is -1.31. The van der Waals surface area contributed by atoms with Crippen LogP contribution in [0.4, 0.5) is 15.8 Å². The number of hydrogen-bond acceptors (Lipinski definition) is 6. The number of amides is 2. The first-order valence-electron chi connectivity index (χ1n) is 13.0.